The molecule has 7 atom stereocenters. The van der Waals surface area contributed by atoms with Crippen LogP contribution < -0.4 is 30.7 Å². The van der Waals surface area contributed by atoms with E-state index in [1.54, 1.807) is 25.4 Å². The highest BCUT2D eigenvalue weighted by molar-refractivity contribution is 7.23. The number of fused-ring (bicyclic) bond motifs is 4. The number of nitriles is 1. The minimum Gasteiger partial charge on any atom is -0.486 e. The molecule has 430 valence electrons. The molecule has 0 saturated carbocycles. The zero-order chi connectivity index (χ0) is 58.4. The number of carbonyl (C=O) groups is 2. The minimum atomic E-state index is -1.11. The van der Waals surface area contributed by atoms with E-state index in [4.69, 9.17) is 41.5 Å². The molecule has 8 aromatic rings. The van der Waals surface area contributed by atoms with Gasteiger partial charge in [0.1, 0.15) is 59.2 Å². The van der Waals surface area contributed by atoms with Crippen molar-refractivity contribution in [2.24, 2.45) is 5.92 Å². The molecule has 4 aromatic carbocycles. The van der Waals surface area contributed by atoms with E-state index in [9.17, 15) is 33.8 Å². The van der Waals surface area contributed by atoms with Gasteiger partial charge in [0.15, 0.2) is 17.4 Å². The number of nitrogen functional groups attached to an aromatic ring is 1. The largest absolute Gasteiger partial charge is 0.486 e. The number of aliphatic hydroxyl groups excluding tert-OH is 2. The zero-order valence-corrected chi connectivity index (χ0v) is 47.1. The summed E-state index contributed by atoms with van der Waals surface area (Å²) in [5.41, 5.74) is 9.78. The minimum absolute atomic E-state index is 0.0227. The Morgan fingerprint density at radius 3 is 2.34 bits per heavy atom. The van der Waals surface area contributed by atoms with E-state index in [1.807, 2.05) is 45.0 Å². The molecule has 2 bridgehead atoms. The number of nitrogens with one attached hydrogen (secondary N) is 2. The van der Waals surface area contributed by atoms with Crippen LogP contribution in [0.1, 0.15) is 68.8 Å². The van der Waals surface area contributed by atoms with E-state index < -0.39 is 60.1 Å². The van der Waals surface area contributed by atoms with Gasteiger partial charge < -0.3 is 50.6 Å². The molecule has 4 aromatic heterocycles. The molecule has 3 fully saturated rings. The highest BCUT2D eigenvalue weighted by Gasteiger charge is 2.43. The number of carbonyl (C=O) groups excluding carboxylic acids is 2. The van der Waals surface area contributed by atoms with Crippen LogP contribution in [0.3, 0.4) is 0 Å². The van der Waals surface area contributed by atoms with Gasteiger partial charge >= 0.3 is 6.01 Å². The van der Waals surface area contributed by atoms with Crippen LogP contribution in [0.15, 0.2) is 85.3 Å². The highest BCUT2D eigenvalue weighted by Crippen LogP contribution is 2.50. The van der Waals surface area contributed by atoms with Crippen LogP contribution in [0.25, 0.3) is 54.5 Å². The second kappa shape index (κ2) is 23.7. The number of β-amino-alcohol motifs (C(OH)–C–C–N with tert-alkyl or cyclic N) is 1. The molecular formula is C59H58ClF3N12O7S. The van der Waals surface area contributed by atoms with Gasteiger partial charge in [0.05, 0.1) is 64.3 Å². The van der Waals surface area contributed by atoms with E-state index in [2.05, 4.69) is 36.9 Å². The van der Waals surface area contributed by atoms with Crippen molar-refractivity contribution in [3.05, 3.63) is 124 Å². The first-order valence-electron chi connectivity index (χ1n) is 27.1. The van der Waals surface area contributed by atoms with Crippen molar-refractivity contribution in [3.8, 4) is 51.3 Å². The van der Waals surface area contributed by atoms with E-state index in [1.165, 1.54) is 39.9 Å². The summed E-state index contributed by atoms with van der Waals surface area (Å²) in [7, 11) is 1.59. The maximum Gasteiger partial charge on any atom is 0.319 e. The number of pyridine rings is 1. The predicted octanol–water partition coefficient (Wildman–Crippen LogP) is 8.30. The Labute approximate surface area is 483 Å². The number of amides is 2. The Morgan fingerprint density at radius 2 is 1.66 bits per heavy atom. The second-order valence-electron chi connectivity index (χ2n) is 21.4. The number of methoxy groups -OCH3 is 1. The standard InChI is InChI=1S/C59H58ClF3N12O7S/c1-29(2)52(58(79)74-24-37(77)17-47(74)57(78)68-46(26-76)33-9-11-34(12-10-33)48-43(62)20-66-21-44(48)63)75-25-45(71-72-75)32-7-5-31(6-8-32)28-81-53-50(38-15-16-42(61)54-49(38)40(19-64)55(65)83-54)41(60)18-39-51(53)69-59(82-27-30(3)80-4)70-56(39)73-22-35-13-14-36(23-73)67-35/h5-12,15-16,18,20-21,25,29-30,35-37,46-47,52,67,76-77H,13-14,17,22-24,26-28,65H2,1-4H3,(H,68,78)/t30-,35?,36?,37+,46-,47-,52-/m0/s1. The molecule has 11 rings (SSSR count). The van der Waals surface area contributed by atoms with Crippen LogP contribution in [0.4, 0.5) is 24.0 Å². The molecule has 83 heavy (non-hydrogen) atoms. The molecule has 7 heterocycles. The topological polar surface area (TPSA) is 252 Å². The smallest absolute Gasteiger partial charge is 0.319 e. The first-order valence-corrected chi connectivity index (χ1v) is 28.3. The van der Waals surface area contributed by atoms with E-state index in [0.717, 1.165) is 36.6 Å². The van der Waals surface area contributed by atoms with Crippen LogP contribution in [0, 0.1) is 34.7 Å². The van der Waals surface area contributed by atoms with Crippen LogP contribution in [0.5, 0.6) is 11.8 Å². The number of thiophene rings is 1. The van der Waals surface area contributed by atoms with Gasteiger partial charge in [0, 0.05) is 67.1 Å². The predicted molar refractivity (Wildman–Crippen MR) is 306 cm³/mol. The number of aliphatic hydroxyl groups is 2. The Bertz CT molecular complexity index is 3780. The van der Waals surface area contributed by atoms with Gasteiger partial charge in [0.2, 0.25) is 11.8 Å². The zero-order valence-electron chi connectivity index (χ0n) is 45.5. The number of anilines is 2. The monoisotopic (exact) mass is 1170 g/mol. The third-order valence-corrected chi connectivity index (χ3v) is 16.9. The van der Waals surface area contributed by atoms with Crippen molar-refractivity contribution in [2.75, 3.05) is 50.6 Å². The SMILES string of the molecule is CO[C@@H](C)COc1nc(N2CC3CCC(C2)N3)c2cc(Cl)c(-c3ccc(F)c4sc(N)c(C#N)c34)c(OCc3ccc(-c4cn([C@H](C(=O)N5C[C@H](O)C[C@H]5C(=O)N[C@@H](CO)c5ccc(-c6c(F)cncc6F)cc5)C(C)C)nn4)cc3)c2n1. The van der Waals surface area contributed by atoms with Gasteiger partial charge in [0.25, 0.3) is 0 Å². The van der Waals surface area contributed by atoms with E-state index in [0.29, 0.717) is 63.3 Å². The number of hydrogen-bond donors (Lipinski definition) is 5. The normalized spacial score (nSPS) is 18.9. The molecule has 2 amide bonds. The Morgan fingerprint density at radius 1 is 0.952 bits per heavy atom. The lowest BCUT2D eigenvalue weighted by molar-refractivity contribution is -0.142. The maximum absolute atomic E-state index is 15.6. The summed E-state index contributed by atoms with van der Waals surface area (Å²) in [5, 5.41) is 48.2. The number of nitrogens with zero attached hydrogens (tertiary/aromatic N) is 9. The molecule has 3 aliphatic rings. The van der Waals surface area contributed by atoms with Gasteiger partial charge in [-0.15, -0.1) is 16.4 Å². The Hall–Kier alpha value is -7.98. The summed E-state index contributed by atoms with van der Waals surface area (Å²) in [6.45, 7) is 6.34. The van der Waals surface area contributed by atoms with Crippen LogP contribution >= 0.6 is 22.9 Å². The first-order chi connectivity index (χ1) is 40.0. The number of nitrogens with two attached hydrogens (primary N) is 1. The molecule has 0 radical (unpaired) electrons. The quantitative estimate of drug-likeness (QED) is 0.0542. The number of hydrogen-bond acceptors (Lipinski definition) is 17. The highest BCUT2D eigenvalue weighted by atomic mass is 35.5. The molecular weight excluding hydrogens is 1110 g/mol. The second-order valence-corrected chi connectivity index (χ2v) is 22.9. The van der Waals surface area contributed by atoms with Gasteiger partial charge in [-0.25, -0.2) is 17.9 Å². The van der Waals surface area contributed by atoms with Crippen molar-refractivity contribution in [1.29, 1.82) is 5.26 Å². The lowest BCUT2D eigenvalue weighted by Gasteiger charge is -2.34. The number of halogens is 4. The Kier molecular flexibility index (Phi) is 16.2. The number of piperazine rings is 1. The molecule has 19 nitrogen and oxygen atoms in total. The van der Waals surface area contributed by atoms with Crippen LogP contribution in [0.2, 0.25) is 5.02 Å². The average molecular weight is 1170 g/mol. The molecule has 24 heteroatoms. The van der Waals surface area contributed by atoms with Crippen molar-refractivity contribution in [2.45, 2.75) is 89.1 Å². The third-order valence-electron chi connectivity index (χ3n) is 15.6. The Balaban J connectivity index is 0.863. The van der Waals surface area contributed by atoms with Crippen molar-refractivity contribution in [1.82, 2.24) is 45.5 Å². The summed E-state index contributed by atoms with van der Waals surface area (Å²) >= 11 is 8.35. The molecule has 6 N–H and O–H groups in total. The summed E-state index contributed by atoms with van der Waals surface area (Å²) in [6.07, 6.45) is 4.12. The van der Waals surface area contributed by atoms with E-state index in [-0.39, 0.29) is 98.8 Å². The summed E-state index contributed by atoms with van der Waals surface area (Å²) in [4.78, 5) is 45.5. The molecule has 2 unspecified atom stereocenters. The van der Waals surface area contributed by atoms with Crippen LogP contribution in [-0.2, 0) is 20.9 Å². The fourth-order valence-corrected chi connectivity index (χ4v) is 12.6. The van der Waals surface area contributed by atoms with Crippen molar-refractivity contribution < 1.29 is 47.2 Å². The third kappa shape index (κ3) is 11.2. The van der Waals surface area contributed by atoms with Gasteiger partial charge in [-0.05, 0) is 60.1 Å². The summed E-state index contributed by atoms with van der Waals surface area (Å²) in [6, 6.07) is 17.7. The fraction of sp³-hybridized carbons (Fsp3) is 0.356. The lowest BCUT2D eigenvalue weighted by atomic mass is 9.96. The molecule has 0 aliphatic carbocycles. The number of aromatic nitrogens is 6. The maximum atomic E-state index is 15.6. The number of ether oxygens (including phenoxy) is 3. The number of benzene rings is 4. The molecule has 3 aliphatic heterocycles. The van der Waals surface area contributed by atoms with Crippen molar-refractivity contribution >= 4 is 66.6 Å². The average Bonchev–Trinajstić information content (AvgIpc) is 3.53. The first kappa shape index (κ1) is 56.9. The fourth-order valence-electron chi connectivity index (χ4n) is 11.3. The lowest BCUT2D eigenvalue weighted by Crippen LogP contribution is -2.51. The summed E-state index contributed by atoms with van der Waals surface area (Å²) < 4.78 is 64.7. The molecule has 0 spiro atoms. The number of likely N-dealkylation sites (tertiary alicyclic amines) is 1. The van der Waals surface area contributed by atoms with Gasteiger partial charge in [-0.3, -0.25) is 14.6 Å². The van der Waals surface area contributed by atoms with Gasteiger partial charge in [-0.2, -0.15) is 15.2 Å². The number of rotatable bonds is 18. The van der Waals surface area contributed by atoms with Gasteiger partial charge in [-0.1, -0.05) is 85.3 Å². The van der Waals surface area contributed by atoms with Crippen molar-refractivity contribution in [3.63, 3.8) is 0 Å². The van der Waals surface area contributed by atoms with E-state index >= 15 is 4.39 Å². The van der Waals surface area contributed by atoms with Crippen LogP contribution in [-0.4, -0.2) is 127 Å². The summed E-state index contributed by atoms with van der Waals surface area (Å²) in [5.74, 6) is -2.86. The molecule has 3 saturated heterocycles.